The van der Waals surface area contributed by atoms with Crippen molar-refractivity contribution in [3.8, 4) is 0 Å². The summed E-state index contributed by atoms with van der Waals surface area (Å²) in [6, 6.07) is 0. The Morgan fingerprint density at radius 2 is 2.00 bits per heavy atom. The van der Waals surface area contributed by atoms with Crippen molar-refractivity contribution >= 4 is 0 Å². The molecule has 84 valence electrons. The molecule has 0 bridgehead atoms. The number of nitrogens with zero attached hydrogens (tertiary/aromatic N) is 1. The molecule has 1 fully saturated rings. The molecule has 0 aromatic carbocycles. The van der Waals surface area contributed by atoms with Gasteiger partial charge in [-0.25, -0.2) is 0 Å². The summed E-state index contributed by atoms with van der Waals surface area (Å²) in [4.78, 5) is 2.60. The van der Waals surface area contributed by atoms with Crippen molar-refractivity contribution in [2.45, 2.75) is 45.4 Å². The summed E-state index contributed by atoms with van der Waals surface area (Å²) in [5, 5.41) is 8.67. The molecule has 1 atom stereocenters. The lowest BCUT2D eigenvalue weighted by molar-refractivity contribution is 0.257. The lowest BCUT2D eigenvalue weighted by Gasteiger charge is -2.19. The molecule has 1 heterocycles. The van der Waals surface area contributed by atoms with E-state index < -0.39 is 0 Å². The summed E-state index contributed by atoms with van der Waals surface area (Å²) in [7, 11) is 0. The Bertz CT molecular complexity index is 138. The van der Waals surface area contributed by atoms with Crippen LogP contribution in [0.25, 0.3) is 0 Å². The van der Waals surface area contributed by atoms with E-state index in [1.807, 2.05) is 0 Å². The Hall–Kier alpha value is -0.0800. The molecule has 2 heteroatoms. The van der Waals surface area contributed by atoms with Crippen molar-refractivity contribution in [2.24, 2.45) is 5.92 Å². The van der Waals surface area contributed by atoms with Crippen LogP contribution in [-0.2, 0) is 0 Å². The third kappa shape index (κ3) is 4.97. The maximum absolute atomic E-state index is 8.67. The van der Waals surface area contributed by atoms with Crippen LogP contribution in [0.3, 0.4) is 0 Å². The molecule has 0 aliphatic carbocycles. The molecule has 1 rings (SSSR count). The lowest BCUT2D eigenvalue weighted by Crippen LogP contribution is -2.25. The van der Waals surface area contributed by atoms with E-state index >= 15 is 0 Å². The van der Waals surface area contributed by atoms with E-state index in [4.69, 9.17) is 5.11 Å². The highest BCUT2D eigenvalue weighted by Gasteiger charge is 2.12. The van der Waals surface area contributed by atoms with Crippen molar-refractivity contribution in [1.82, 2.24) is 4.90 Å². The van der Waals surface area contributed by atoms with Crippen LogP contribution < -0.4 is 0 Å². The highest BCUT2D eigenvalue weighted by molar-refractivity contribution is 4.67. The van der Waals surface area contributed by atoms with Crippen LogP contribution in [0.15, 0.2) is 0 Å². The third-order valence-corrected chi connectivity index (χ3v) is 3.24. The normalized spacial score (nSPS) is 24.9. The van der Waals surface area contributed by atoms with Crippen LogP contribution in [0.1, 0.15) is 45.4 Å². The first kappa shape index (κ1) is 12.0. The fourth-order valence-electron chi connectivity index (χ4n) is 2.17. The Labute approximate surface area is 88.3 Å². The standard InChI is InChI=1S/C12H25NO/c1-12-6-5-9-13(10-7-12)8-3-2-4-11-14/h12,14H,2-11H2,1H3. The van der Waals surface area contributed by atoms with Gasteiger partial charge in [0.05, 0.1) is 0 Å². The molecule has 14 heavy (non-hydrogen) atoms. The minimum Gasteiger partial charge on any atom is -0.396 e. The zero-order chi connectivity index (χ0) is 10.2. The summed E-state index contributed by atoms with van der Waals surface area (Å²) < 4.78 is 0. The predicted molar refractivity (Wildman–Crippen MR) is 60.4 cm³/mol. The van der Waals surface area contributed by atoms with Crippen molar-refractivity contribution < 1.29 is 5.11 Å². The Morgan fingerprint density at radius 3 is 2.79 bits per heavy atom. The van der Waals surface area contributed by atoms with E-state index in [0.717, 1.165) is 12.3 Å². The molecule has 1 saturated heterocycles. The average Bonchev–Trinajstić information content (AvgIpc) is 2.38. The predicted octanol–water partition coefficient (Wildman–Crippen LogP) is 2.27. The first-order valence-corrected chi connectivity index (χ1v) is 6.16. The minimum absolute atomic E-state index is 0.358. The second kappa shape index (κ2) is 7.24. The molecule has 0 saturated carbocycles. The fourth-order valence-corrected chi connectivity index (χ4v) is 2.17. The summed E-state index contributed by atoms with van der Waals surface area (Å²) in [5.41, 5.74) is 0. The van der Waals surface area contributed by atoms with Gasteiger partial charge in [0.15, 0.2) is 0 Å². The van der Waals surface area contributed by atoms with Crippen LogP contribution in [0, 0.1) is 5.92 Å². The molecular weight excluding hydrogens is 174 g/mol. The summed E-state index contributed by atoms with van der Waals surface area (Å²) in [6.45, 7) is 6.56. The van der Waals surface area contributed by atoms with E-state index in [-0.39, 0.29) is 0 Å². The van der Waals surface area contributed by atoms with E-state index in [2.05, 4.69) is 11.8 Å². The molecule has 0 aromatic rings. The SMILES string of the molecule is CC1CCCN(CCCCCO)CC1. The van der Waals surface area contributed by atoms with Crippen LogP contribution in [-0.4, -0.2) is 36.2 Å². The summed E-state index contributed by atoms with van der Waals surface area (Å²) in [5.74, 6) is 0.928. The quantitative estimate of drug-likeness (QED) is 0.687. The van der Waals surface area contributed by atoms with Gasteiger partial charge in [-0.2, -0.15) is 0 Å². The summed E-state index contributed by atoms with van der Waals surface area (Å²) >= 11 is 0. The van der Waals surface area contributed by atoms with Crippen molar-refractivity contribution in [3.63, 3.8) is 0 Å². The Morgan fingerprint density at radius 1 is 1.14 bits per heavy atom. The van der Waals surface area contributed by atoms with Crippen molar-refractivity contribution in [2.75, 3.05) is 26.2 Å². The van der Waals surface area contributed by atoms with Gasteiger partial charge >= 0.3 is 0 Å². The van der Waals surface area contributed by atoms with Gasteiger partial charge in [-0.05, 0) is 64.1 Å². The third-order valence-electron chi connectivity index (χ3n) is 3.24. The second-order valence-corrected chi connectivity index (χ2v) is 4.66. The van der Waals surface area contributed by atoms with Crippen LogP contribution in [0.2, 0.25) is 0 Å². The molecule has 0 amide bonds. The first-order chi connectivity index (χ1) is 6.83. The van der Waals surface area contributed by atoms with Crippen LogP contribution in [0.4, 0.5) is 0 Å². The number of likely N-dealkylation sites (tertiary alicyclic amines) is 1. The van der Waals surface area contributed by atoms with E-state index in [1.54, 1.807) is 0 Å². The molecule has 0 aromatic heterocycles. The molecule has 0 radical (unpaired) electrons. The van der Waals surface area contributed by atoms with Crippen molar-refractivity contribution in [3.05, 3.63) is 0 Å². The number of aliphatic hydroxyl groups excluding tert-OH is 1. The number of hydrogen-bond acceptors (Lipinski definition) is 2. The number of rotatable bonds is 5. The van der Waals surface area contributed by atoms with E-state index in [9.17, 15) is 0 Å². The molecule has 1 aliphatic heterocycles. The molecule has 1 unspecified atom stereocenters. The van der Waals surface area contributed by atoms with Gasteiger partial charge in [-0.3, -0.25) is 0 Å². The van der Waals surface area contributed by atoms with Gasteiger partial charge in [0.2, 0.25) is 0 Å². The lowest BCUT2D eigenvalue weighted by atomic mass is 10.0. The molecule has 2 nitrogen and oxygen atoms in total. The molecular formula is C12H25NO. The molecule has 1 aliphatic rings. The number of hydrogen-bond donors (Lipinski definition) is 1. The maximum Gasteiger partial charge on any atom is 0.0431 e. The highest BCUT2D eigenvalue weighted by Crippen LogP contribution is 2.16. The zero-order valence-corrected chi connectivity index (χ0v) is 9.54. The first-order valence-electron chi connectivity index (χ1n) is 6.16. The van der Waals surface area contributed by atoms with Crippen LogP contribution in [0.5, 0.6) is 0 Å². The monoisotopic (exact) mass is 199 g/mol. The second-order valence-electron chi connectivity index (χ2n) is 4.66. The largest absolute Gasteiger partial charge is 0.396 e. The zero-order valence-electron chi connectivity index (χ0n) is 9.54. The Balaban J connectivity index is 2.05. The van der Waals surface area contributed by atoms with Gasteiger partial charge in [0, 0.05) is 6.61 Å². The smallest absolute Gasteiger partial charge is 0.0431 e. The van der Waals surface area contributed by atoms with Gasteiger partial charge in [0.25, 0.3) is 0 Å². The van der Waals surface area contributed by atoms with Crippen molar-refractivity contribution in [1.29, 1.82) is 0 Å². The van der Waals surface area contributed by atoms with E-state index in [1.165, 1.54) is 51.7 Å². The minimum atomic E-state index is 0.358. The van der Waals surface area contributed by atoms with Gasteiger partial charge < -0.3 is 10.0 Å². The van der Waals surface area contributed by atoms with Gasteiger partial charge in [-0.1, -0.05) is 6.92 Å². The topological polar surface area (TPSA) is 23.5 Å². The van der Waals surface area contributed by atoms with Crippen LogP contribution >= 0.6 is 0 Å². The highest BCUT2D eigenvalue weighted by atomic mass is 16.2. The molecule has 1 N–H and O–H groups in total. The van der Waals surface area contributed by atoms with E-state index in [0.29, 0.717) is 6.61 Å². The van der Waals surface area contributed by atoms with Gasteiger partial charge in [-0.15, -0.1) is 0 Å². The fraction of sp³-hybridized carbons (Fsp3) is 1.00. The molecule has 0 spiro atoms. The summed E-state index contributed by atoms with van der Waals surface area (Å²) in [6.07, 6.45) is 7.58. The van der Waals surface area contributed by atoms with Gasteiger partial charge in [0.1, 0.15) is 0 Å². The Kier molecular flexibility index (Phi) is 6.20. The average molecular weight is 199 g/mol. The maximum atomic E-state index is 8.67. The number of unbranched alkanes of at least 4 members (excludes halogenated alkanes) is 2. The number of aliphatic hydroxyl groups is 1.